The van der Waals surface area contributed by atoms with Gasteiger partial charge in [-0.15, -0.1) is 0 Å². The van der Waals surface area contributed by atoms with Crippen LogP contribution >= 0.6 is 0 Å². The normalized spacial score (nSPS) is 18.3. The van der Waals surface area contributed by atoms with Crippen molar-refractivity contribution < 1.29 is 9.53 Å². The van der Waals surface area contributed by atoms with Crippen LogP contribution in [0.15, 0.2) is 30.3 Å². The second kappa shape index (κ2) is 6.55. The van der Waals surface area contributed by atoms with Gasteiger partial charge in [-0.3, -0.25) is 5.32 Å². The molecule has 98 valence electrons. The minimum absolute atomic E-state index is 0.202. The van der Waals surface area contributed by atoms with Crippen molar-refractivity contribution in [1.82, 2.24) is 5.32 Å². The topological polar surface area (TPSA) is 38.3 Å². The van der Waals surface area contributed by atoms with Crippen molar-refractivity contribution in [2.24, 2.45) is 0 Å². The van der Waals surface area contributed by atoms with Gasteiger partial charge < -0.3 is 4.74 Å². The molecule has 2 rings (SSSR count). The average Bonchev–Trinajstić information content (AvgIpc) is 2.46. The van der Waals surface area contributed by atoms with Crippen LogP contribution in [0.5, 0.6) is 0 Å². The quantitative estimate of drug-likeness (QED) is 0.831. The maximum absolute atomic E-state index is 11.9. The lowest BCUT2D eigenvalue weighted by Gasteiger charge is -2.27. The first-order valence-electron chi connectivity index (χ1n) is 6.70. The summed E-state index contributed by atoms with van der Waals surface area (Å²) in [5, 5.41) is 3.45. The Labute approximate surface area is 109 Å². The van der Waals surface area contributed by atoms with E-state index in [4.69, 9.17) is 4.74 Å². The maximum atomic E-state index is 11.9. The Morgan fingerprint density at radius 1 is 1.22 bits per heavy atom. The number of rotatable bonds is 4. The van der Waals surface area contributed by atoms with Gasteiger partial charge in [-0.2, -0.15) is 0 Å². The molecule has 0 saturated heterocycles. The van der Waals surface area contributed by atoms with Crippen molar-refractivity contribution in [2.75, 3.05) is 7.11 Å². The van der Waals surface area contributed by atoms with Crippen LogP contribution in [0, 0.1) is 0 Å². The molecule has 0 aliphatic heterocycles. The molecule has 0 spiro atoms. The van der Waals surface area contributed by atoms with Gasteiger partial charge in [0, 0.05) is 6.04 Å². The number of methoxy groups -OCH3 is 1. The van der Waals surface area contributed by atoms with Crippen LogP contribution in [-0.4, -0.2) is 19.1 Å². The predicted octanol–water partition coefficient (Wildman–Crippen LogP) is 2.82. The molecule has 1 fully saturated rings. The monoisotopic (exact) mass is 247 g/mol. The Hall–Kier alpha value is -1.35. The summed E-state index contributed by atoms with van der Waals surface area (Å²) in [7, 11) is 1.45. The molecule has 1 N–H and O–H groups in total. The van der Waals surface area contributed by atoms with Gasteiger partial charge in [0.05, 0.1) is 7.11 Å². The van der Waals surface area contributed by atoms with Crippen LogP contribution in [0.4, 0.5) is 0 Å². The molecule has 3 heteroatoms. The molecule has 0 bridgehead atoms. The van der Waals surface area contributed by atoms with Crippen molar-refractivity contribution in [2.45, 2.75) is 44.2 Å². The fraction of sp³-hybridized carbons (Fsp3) is 0.533. The average molecular weight is 247 g/mol. The summed E-state index contributed by atoms with van der Waals surface area (Å²) in [6.07, 6.45) is 6.12. The molecule has 0 amide bonds. The second-order valence-electron chi connectivity index (χ2n) is 4.87. The smallest absolute Gasteiger partial charge is 0.327 e. The van der Waals surface area contributed by atoms with E-state index < -0.39 is 0 Å². The first-order chi connectivity index (χ1) is 8.81. The summed E-state index contributed by atoms with van der Waals surface area (Å²) in [5.74, 6) is -0.202. The molecule has 0 unspecified atom stereocenters. The largest absolute Gasteiger partial charge is 0.468 e. The first-order valence-corrected chi connectivity index (χ1v) is 6.70. The number of hydrogen-bond acceptors (Lipinski definition) is 3. The number of benzene rings is 1. The molecular weight excluding hydrogens is 226 g/mol. The van der Waals surface area contributed by atoms with E-state index >= 15 is 0 Å². The molecule has 1 saturated carbocycles. The van der Waals surface area contributed by atoms with Crippen LogP contribution in [0.1, 0.15) is 43.7 Å². The van der Waals surface area contributed by atoms with Gasteiger partial charge in [-0.25, -0.2) is 4.79 Å². The fourth-order valence-corrected chi connectivity index (χ4v) is 2.57. The molecule has 0 radical (unpaired) electrons. The number of nitrogens with one attached hydrogen (secondary N) is 1. The van der Waals surface area contributed by atoms with Gasteiger partial charge in [-0.05, 0) is 18.4 Å². The van der Waals surface area contributed by atoms with Crippen molar-refractivity contribution in [3.05, 3.63) is 35.9 Å². The number of esters is 1. The van der Waals surface area contributed by atoms with Gasteiger partial charge in [0.1, 0.15) is 6.04 Å². The highest BCUT2D eigenvalue weighted by Crippen LogP contribution is 2.22. The molecule has 1 aliphatic carbocycles. The van der Waals surface area contributed by atoms with Crippen molar-refractivity contribution in [3.63, 3.8) is 0 Å². The zero-order valence-electron chi connectivity index (χ0n) is 10.9. The highest BCUT2D eigenvalue weighted by atomic mass is 16.5. The first kappa shape index (κ1) is 13.1. The van der Waals surface area contributed by atoms with E-state index in [-0.39, 0.29) is 12.0 Å². The molecule has 3 nitrogen and oxygen atoms in total. The third-order valence-electron chi connectivity index (χ3n) is 3.58. The number of carbonyl (C=O) groups is 1. The fourth-order valence-electron chi connectivity index (χ4n) is 2.57. The van der Waals surface area contributed by atoms with E-state index in [0.717, 1.165) is 18.4 Å². The lowest BCUT2D eigenvalue weighted by atomic mass is 9.94. The molecule has 1 aromatic carbocycles. The maximum Gasteiger partial charge on any atom is 0.327 e. The van der Waals surface area contributed by atoms with Crippen molar-refractivity contribution >= 4 is 5.97 Å². The Morgan fingerprint density at radius 3 is 2.50 bits per heavy atom. The molecular formula is C15H21NO2. The van der Waals surface area contributed by atoms with Crippen LogP contribution in [0.25, 0.3) is 0 Å². The van der Waals surface area contributed by atoms with E-state index in [9.17, 15) is 4.79 Å². The minimum Gasteiger partial charge on any atom is -0.468 e. The molecule has 0 aromatic heterocycles. The summed E-state index contributed by atoms with van der Waals surface area (Å²) in [4.78, 5) is 11.9. The van der Waals surface area contributed by atoms with Crippen LogP contribution in [0.3, 0.4) is 0 Å². The van der Waals surface area contributed by atoms with Gasteiger partial charge in [0.2, 0.25) is 0 Å². The van der Waals surface area contributed by atoms with E-state index in [1.807, 2.05) is 30.3 Å². The summed E-state index contributed by atoms with van der Waals surface area (Å²) in [6.45, 7) is 0. The third kappa shape index (κ3) is 3.33. The third-order valence-corrected chi connectivity index (χ3v) is 3.58. The summed E-state index contributed by atoms with van der Waals surface area (Å²) in [6, 6.07) is 9.90. The summed E-state index contributed by atoms with van der Waals surface area (Å²) >= 11 is 0. The molecule has 0 heterocycles. The van der Waals surface area contributed by atoms with Gasteiger partial charge in [-0.1, -0.05) is 49.6 Å². The zero-order chi connectivity index (χ0) is 12.8. The second-order valence-corrected chi connectivity index (χ2v) is 4.87. The van der Waals surface area contributed by atoms with E-state index in [1.54, 1.807) is 0 Å². The lowest BCUT2D eigenvalue weighted by molar-refractivity contribution is -0.143. The number of hydrogen-bond donors (Lipinski definition) is 1. The number of carbonyl (C=O) groups excluding carboxylic acids is 1. The van der Waals surface area contributed by atoms with Gasteiger partial charge in [0.25, 0.3) is 0 Å². The van der Waals surface area contributed by atoms with Gasteiger partial charge in [0.15, 0.2) is 0 Å². The SMILES string of the molecule is COC(=O)[C@H](NC1CCCCC1)c1ccccc1. The van der Waals surface area contributed by atoms with Crippen molar-refractivity contribution in [3.8, 4) is 0 Å². The standard InChI is InChI=1S/C15H21NO2/c1-18-15(17)14(12-8-4-2-5-9-12)16-13-10-6-3-7-11-13/h2,4-5,8-9,13-14,16H,3,6-7,10-11H2,1H3/t14-/m1/s1. The lowest BCUT2D eigenvalue weighted by Crippen LogP contribution is -2.38. The van der Waals surface area contributed by atoms with E-state index in [1.165, 1.54) is 26.4 Å². The van der Waals surface area contributed by atoms with Crippen LogP contribution < -0.4 is 5.32 Å². The highest BCUT2D eigenvalue weighted by Gasteiger charge is 2.25. The number of ether oxygens (including phenoxy) is 1. The molecule has 18 heavy (non-hydrogen) atoms. The molecule has 1 aromatic rings. The Bertz CT molecular complexity index is 371. The Kier molecular flexibility index (Phi) is 4.76. The van der Waals surface area contributed by atoms with Crippen LogP contribution in [-0.2, 0) is 9.53 Å². The zero-order valence-corrected chi connectivity index (χ0v) is 10.9. The van der Waals surface area contributed by atoms with E-state index in [0.29, 0.717) is 6.04 Å². The highest BCUT2D eigenvalue weighted by molar-refractivity contribution is 5.77. The Balaban J connectivity index is 2.07. The predicted molar refractivity (Wildman–Crippen MR) is 71.2 cm³/mol. The Morgan fingerprint density at radius 2 is 1.89 bits per heavy atom. The minimum atomic E-state index is -0.334. The van der Waals surface area contributed by atoms with E-state index in [2.05, 4.69) is 5.32 Å². The summed E-state index contributed by atoms with van der Waals surface area (Å²) in [5.41, 5.74) is 0.981. The molecule has 1 aliphatic rings. The summed E-state index contributed by atoms with van der Waals surface area (Å²) < 4.78 is 4.91. The van der Waals surface area contributed by atoms with Crippen molar-refractivity contribution in [1.29, 1.82) is 0 Å². The van der Waals surface area contributed by atoms with Crippen LogP contribution in [0.2, 0.25) is 0 Å². The van der Waals surface area contributed by atoms with Gasteiger partial charge >= 0.3 is 5.97 Å². The molecule has 1 atom stereocenters.